The molecule has 0 aliphatic carbocycles. The zero-order valence-corrected chi connectivity index (χ0v) is 20.5. The second kappa shape index (κ2) is 10.1. The second-order valence-corrected chi connectivity index (χ2v) is 10.2. The number of pyridine rings is 1. The molecule has 4 heterocycles. The van der Waals surface area contributed by atoms with Crippen LogP contribution < -0.4 is 5.32 Å². The minimum absolute atomic E-state index is 0.00791. The molecule has 2 fully saturated rings. The maximum atomic E-state index is 13.0. The first-order valence-electron chi connectivity index (χ1n) is 12.3. The number of hydrogen-bond donors (Lipinski definition) is 3. The molecular formula is C27H34N4O4. The van der Waals surface area contributed by atoms with E-state index in [9.17, 15) is 9.90 Å². The van der Waals surface area contributed by atoms with Gasteiger partial charge in [-0.1, -0.05) is 12.1 Å². The molecule has 8 nitrogen and oxygen atoms in total. The number of aromatic nitrogens is 2. The Hall–Kier alpha value is -2.78. The predicted octanol–water partition coefficient (Wildman–Crippen LogP) is 2.92. The summed E-state index contributed by atoms with van der Waals surface area (Å²) in [4.78, 5) is 22.9. The number of ether oxygens (including phenoxy) is 2. The summed E-state index contributed by atoms with van der Waals surface area (Å²) < 4.78 is 10.8. The summed E-state index contributed by atoms with van der Waals surface area (Å²) in [5.41, 5.74) is 5.64. The fraction of sp³-hybridized carbons (Fsp3) is 0.481. The Bertz CT molecular complexity index is 1190. The summed E-state index contributed by atoms with van der Waals surface area (Å²) in [7, 11) is 4.19. The highest BCUT2D eigenvalue weighted by molar-refractivity contribution is 6.06. The van der Waals surface area contributed by atoms with Crippen molar-refractivity contribution >= 4 is 16.9 Å². The number of amides is 1. The van der Waals surface area contributed by atoms with E-state index in [4.69, 9.17) is 9.47 Å². The molecule has 8 heteroatoms. The second-order valence-electron chi connectivity index (χ2n) is 10.2. The lowest BCUT2D eigenvalue weighted by atomic mass is 9.86. The van der Waals surface area contributed by atoms with Crippen LogP contribution >= 0.6 is 0 Å². The number of aliphatic hydroxyl groups is 1. The first kappa shape index (κ1) is 23.9. The van der Waals surface area contributed by atoms with Gasteiger partial charge in [0, 0.05) is 49.6 Å². The Balaban J connectivity index is 1.42. The highest BCUT2D eigenvalue weighted by atomic mass is 16.5. The molecule has 2 aliphatic heterocycles. The number of nitrogens with one attached hydrogen (secondary N) is 2. The van der Waals surface area contributed by atoms with E-state index in [1.165, 1.54) is 11.1 Å². The summed E-state index contributed by atoms with van der Waals surface area (Å²) in [5, 5.41) is 13.4. The van der Waals surface area contributed by atoms with Gasteiger partial charge in [0.1, 0.15) is 5.65 Å². The molecule has 2 saturated heterocycles. The van der Waals surface area contributed by atoms with Crippen LogP contribution in [0.15, 0.2) is 36.7 Å². The average molecular weight is 479 g/mol. The molecule has 1 aromatic carbocycles. The number of rotatable bonds is 8. The van der Waals surface area contributed by atoms with E-state index in [0.717, 1.165) is 49.1 Å². The van der Waals surface area contributed by atoms with Gasteiger partial charge in [0.15, 0.2) is 0 Å². The topological polar surface area (TPSA) is 99.7 Å². The lowest BCUT2D eigenvalue weighted by molar-refractivity contribution is -0.133. The smallest absolute Gasteiger partial charge is 0.253 e. The summed E-state index contributed by atoms with van der Waals surface area (Å²) in [6.45, 7) is 3.80. The molecule has 0 atom stereocenters. The van der Waals surface area contributed by atoms with Crippen molar-refractivity contribution in [1.29, 1.82) is 0 Å². The molecule has 2 aliphatic rings. The summed E-state index contributed by atoms with van der Waals surface area (Å²) in [5.74, 6) is 0.342. The van der Waals surface area contributed by atoms with E-state index < -0.39 is 0 Å². The van der Waals surface area contributed by atoms with Gasteiger partial charge in [0.05, 0.1) is 30.8 Å². The monoisotopic (exact) mass is 478 g/mol. The van der Waals surface area contributed by atoms with Crippen molar-refractivity contribution in [1.82, 2.24) is 20.2 Å². The number of H-pyrrole nitrogens is 1. The van der Waals surface area contributed by atoms with Crippen LogP contribution in [0.2, 0.25) is 0 Å². The zero-order valence-electron chi connectivity index (χ0n) is 20.5. The minimum atomic E-state index is -0.375. The highest BCUT2D eigenvalue weighted by Crippen LogP contribution is 2.34. The molecule has 0 spiro atoms. The first-order valence-corrected chi connectivity index (χ1v) is 12.3. The minimum Gasteiger partial charge on any atom is -0.396 e. The van der Waals surface area contributed by atoms with Gasteiger partial charge in [-0.3, -0.25) is 4.79 Å². The number of benzene rings is 1. The van der Waals surface area contributed by atoms with Crippen LogP contribution in [-0.2, 0) is 16.0 Å². The molecule has 1 amide bonds. The van der Waals surface area contributed by atoms with Gasteiger partial charge in [0.2, 0.25) is 0 Å². The van der Waals surface area contributed by atoms with Crippen molar-refractivity contribution in [3.63, 3.8) is 0 Å². The maximum Gasteiger partial charge on any atom is 0.253 e. The van der Waals surface area contributed by atoms with Gasteiger partial charge in [-0.05, 0) is 61.7 Å². The highest BCUT2D eigenvalue weighted by Gasteiger charge is 2.38. The van der Waals surface area contributed by atoms with Crippen molar-refractivity contribution < 1.29 is 19.4 Å². The number of fused-ring (bicyclic) bond motifs is 1. The Kier molecular flexibility index (Phi) is 6.88. The third kappa shape index (κ3) is 4.97. The lowest BCUT2D eigenvalue weighted by Gasteiger charge is -2.39. The quantitative estimate of drug-likeness (QED) is 0.460. The Morgan fingerprint density at radius 3 is 2.69 bits per heavy atom. The van der Waals surface area contributed by atoms with Crippen molar-refractivity contribution in [2.24, 2.45) is 5.41 Å². The SMILES string of the molecule is CN(C)Cc1cc(-c2cnc3[nH]cc(C(=O)NCC4(CO)COC4)c3c2)ccc1C1CCOCC1. The number of carbonyl (C=O) groups excluding carboxylic acids is 1. The number of aliphatic hydroxyl groups excluding tert-OH is 1. The van der Waals surface area contributed by atoms with E-state index in [2.05, 4.69) is 52.5 Å². The summed E-state index contributed by atoms with van der Waals surface area (Å²) >= 11 is 0. The predicted molar refractivity (Wildman–Crippen MR) is 134 cm³/mol. The molecule has 0 radical (unpaired) electrons. The molecule has 3 N–H and O–H groups in total. The van der Waals surface area contributed by atoms with Crippen molar-refractivity contribution in [3.8, 4) is 11.1 Å². The van der Waals surface area contributed by atoms with Gasteiger partial charge in [0.25, 0.3) is 5.91 Å². The van der Waals surface area contributed by atoms with Gasteiger partial charge in [-0.15, -0.1) is 0 Å². The average Bonchev–Trinajstić information content (AvgIpc) is 3.27. The van der Waals surface area contributed by atoms with Gasteiger partial charge in [-0.25, -0.2) is 4.98 Å². The Labute approximate surface area is 205 Å². The molecule has 2 aromatic heterocycles. The standard InChI is InChI=1S/C27H34N4O4/c1-31(2)13-21-9-19(3-4-22(21)18-5-7-34-8-6-18)20-10-23-24(12-29-25(23)28-11-20)26(33)30-14-27(15-32)16-35-17-27/h3-4,9-12,18,32H,5-8,13-17H2,1-2H3,(H,28,29)(H,30,33). The summed E-state index contributed by atoms with van der Waals surface area (Å²) in [6, 6.07) is 8.72. The van der Waals surface area contributed by atoms with Crippen LogP contribution in [0.1, 0.15) is 40.2 Å². The van der Waals surface area contributed by atoms with Gasteiger partial charge >= 0.3 is 0 Å². The van der Waals surface area contributed by atoms with Crippen LogP contribution in [0.5, 0.6) is 0 Å². The number of carbonyl (C=O) groups is 1. The lowest BCUT2D eigenvalue weighted by Crippen LogP contribution is -2.53. The van der Waals surface area contributed by atoms with Crippen LogP contribution in [0.25, 0.3) is 22.2 Å². The molecule has 5 rings (SSSR count). The number of nitrogens with zero attached hydrogens (tertiary/aromatic N) is 2. The van der Waals surface area contributed by atoms with Gasteiger partial charge < -0.3 is 29.8 Å². The van der Waals surface area contributed by atoms with Crippen LogP contribution in [0.4, 0.5) is 0 Å². The van der Waals surface area contributed by atoms with E-state index in [1.54, 1.807) is 6.20 Å². The number of aromatic amines is 1. The molecular weight excluding hydrogens is 444 g/mol. The first-order chi connectivity index (χ1) is 17.0. The molecule has 35 heavy (non-hydrogen) atoms. The Morgan fingerprint density at radius 2 is 2.00 bits per heavy atom. The normalized spacial score (nSPS) is 18.1. The molecule has 0 saturated carbocycles. The van der Waals surface area contributed by atoms with Crippen LogP contribution in [0.3, 0.4) is 0 Å². The molecule has 3 aromatic rings. The summed E-state index contributed by atoms with van der Waals surface area (Å²) in [6.07, 6.45) is 5.67. The zero-order chi connectivity index (χ0) is 24.4. The van der Waals surface area contributed by atoms with Crippen LogP contribution in [0, 0.1) is 5.41 Å². The van der Waals surface area contributed by atoms with E-state index >= 15 is 0 Å². The maximum absolute atomic E-state index is 13.0. The van der Waals surface area contributed by atoms with Crippen molar-refractivity contribution in [3.05, 3.63) is 53.3 Å². The van der Waals surface area contributed by atoms with Crippen molar-refractivity contribution in [2.75, 3.05) is 53.7 Å². The molecule has 186 valence electrons. The largest absolute Gasteiger partial charge is 0.396 e. The molecule has 0 bridgehead atoms. The van der Waals surface area contributed by atoms with E-state index in [-0.39, 0.29) is 17.9 Å². The van der Waals surface area contributed by atoms with E-state index in [0.29, 0.717) is 36.9 Å². The van der Waals surface area contributed by atoms with Gasteiger partial charge in [-0.2, -0.15) is 0 Å². The third-order valence-corrected chi connectivity index (χ3v) is 7.18. The van der Waals surface area contributed by atoms with Crippen molar-refractivity contribution in [2.45, 2.75) is 25.3 Å². The number of hydrogen-bond acceptors (Lipinski definition) is 6. The third-order valence-electron chi connectivity index (χ3n) is 7.18. The Morgan fingerprint density at radius 1 is 1.20 bits per heavy atom. The fourth-order valence-corrected chi connectivity index (χ4v) is 5.02. The fourth-order valence-electron chi connectivity index (χ4n) is 5.02. The van der Waals surface area contributed by atoms with Crippen LogP contribution in [-0.4, -0.2) is 79.6 Å². The molecule has 0 unspecified atom stereocenters. The van der Waals surface area contributed by atoms with E-state index in [1.807, 2.05) is 12.3 Å².